The first-order valence-electron chi connectivity index (χ1n) is 5.19. The summed E-state index contributed by atoms with van der Waals surface area (Å²) in [4.78, 5) is 0. The van der Waals surface area contributed by atoms with E-state index in [1.54, 1.807) is 0 Å². The second-order valence-corrected chi connectivity index (χ2v) is 6.46. The summed E-state index contributed by atoms with van der Waals surface area (Å²) in [5, 5.41) is 1.15. The third-order valence-corrected chi connectivity index (χ3v) is 3.56. The zero-order valence-electron chi connectivity index (χ0n) is 9.47. The molecule has 0 unspecified atom stereocenters. The van der Waals surface area contributed by atoms with E-state index in [2.05, 4.69) is 18.2 Å². The minimum absolute atomic E-state index is 0.185. The zero-order valence-corrected chi connectivity index (χ0v) is 10.3. The van der Waals surface area contributed by atoms with Crippen LogP contribution in [0, 0.1) is 6.92 Å². The Labute approximate surface area is 95.6 Å². The van der Waals surface area contributed by atoms with E-state index in [4.69, 9.17) is 0 Å². The number of fused-ring (bicyclic) bond motifs is 1. The van der Waals surface area contributed by atoms with Crippen molar-refractivity contribution in [3.8, 4) is 0 Å². The molecule has 86 valence electrons. The molecule has 0 bridgehead atoms. The van der Waals surface area contributed by atoms with Crippen LogP contribution in [0.4, 0.5) is 0 Å². The van der Waals surface area contributed by atoms with Crippen LogP contribution in [0.25, 0.3) is 10.9 Å². The average molecular weight is 237 g/mol. The van der Waals surface area contributed by atoms with E-state index in [9.17, 15) is 8.42 Å². The molecule has 0 aliphatic rings. The Hall–Kier alpha value is -1.29. The van der Waals surface area contributed by atoms with Gasteiger partial charge in [-0.25, -0.2) is 8.42 Å². The van der Waals surface area contributed by atoms with Crippen LogP contribution in [0.5, 0.6) is 0 Å². The molecule has 0 spiro atoms. The highest BCUT2D eigenvalue weighted by atomic mass is 32.2. The summed E-state index contributed by atoms with van der Waals surface area (Å²) in [5.41, 5.74) is 2.29. The normalized spacial score (nSPS) is 12.1. The first kappa shape index (κ1) is 11.2. The monoisotopic (exact) mass is 237 g/mol. The Morgan fingerprint density at radius 2 is 2.00 bits per heavy atom. The highest BCUT2D eigenvalue weighted by Gasteiger charge is 2.05. The van der Waals surface area contributed by atoms with Crippen molar-refractivity contribution in [1.29, 1.82) is 0 Å². The molecule has 0 saturated heterocycles. The van der Waals surface area contributed by atoms with Gasteiger partial charge >= 0.3 is 0 Å². The summed E-state index contributed by atoms with van der Waals surface area (Å²) in [6.45, 7) is 2.55. The molecule has 0 aliphatic heterocycles. The maximum atomic E-state index is 11.1. The van der Waals surface area contributed by atoms with Crippen LogP contribution in [0.3, 0.4) is 0 Å². The molecule has 16 heavy (non-hydrogen) atoms. The Kier molecular flexibility index (Phi) is 2.76. The highest BCUT2D eigenvalue weighted by Crippen LogP contribution is 2.17. The van der Waals surface area contributed by atoms with Crippen molar-refractivity contribution in [2.75, 3.05) is 12.0 Å². The maximum absolute atomic E-state index is 11.1. The molecule has 1 aromatic carbocycles. The number of hydrogen-bond acceptors (Lipinski definition) is 2. The Bertz CT molecular complexity index is 611. The van der Waals surface area contributed by atoms with Crippen LogP contribution in [-0.2, 0) is 16.4 Å². The molecular weight excluding hydrogens is 222 g/mol. The quantitative estimate of drug-likeness (QED) is 0.819. The second kappa shape index (κ2) is 3.94. The summed E-state index contributed by atoms with van der Waals surface area (Å²) in [5.74, 6) is 0.185. The number of aryl methyl sites for hydroxylation is 2. The van der Waals surface area contributed by atoms with Gasteiger partial charge < -0.3 is 4.57 Å². The third kappa shape index (κ3) is 2.44. The van der Waals surface area contributed by atoms with Gasteiger partial charge in [0, 0.05) is 24.5 Å². The molecule has 2 rings (SSSR count). The lowest BCUT2D eigenvalue weighted by Crippen LogP contribution is -2.10. The van der Waals surface area contributed by atoms with E-state index in [-0.39, 0.29) is 5.75 Å². The molecule has 0 fully saturated rings. The fourth-order valence-corrected chi connectivity index (χ4v) is 2.28. The summed E-state index contributed by atoms with van der Waals surface area (Å²) >= 11 is 0. The first-order chi connectivity index (χ1) is 7.46. The molecule has 0 radical (unpaired) electrons. The predicted octanol–water partition coefficient (Wildman–Crippen LogP) is 1.99. The number of hydrogen-bond donors (Lipinski definition) is 0. The molecule has 0 saturated carbocycles. The van der Waals surface area contributed by atoms with E-state index in [0.717, 1.165) is 10.9 Å². The van der Waals surface area contributed by atoms with E-state index < -0.39 is 9.84 Å². The van der Waals surface area contributed by atoms with Crippen LogP contribution >= 0.6 is 0 Å². The summed E-state index contributed by atoms with van der Waals surface area (Å²) in [7, 11) is -2.90. The SMILES string of the molecule is Cc1ccc2ccn(CCS(C)(=O)=O)c2c1. The lowest BCUT2D eigenvalue weighted by atomic mass is 10.2. The average Bonchev–Trinajstić information content (AvgIpc) is 2.56. The molecule has 0 amide bonds. The van der Waals surface area contributed by atoms with Crippen molar-refractivity contribution >= 4 is 20.7 Å². The third-order valence-electron chi connectivity index (χ3n) is 2.63. The van der Waals surface area contributed by atoms with Gasteiger partial charge in [0.25, 0.3) is 0 Å². The number of sulfone groups is 1. The molecule has 0 N–H and O–H groups in total. The minimum Gasteiger partial charge on any atom is -0.346 e. The molecular formula is C12H15NO2S. The molecule has 1 aromatic heterocycles. The molecule has 0 atom stereocenters. The van der Waals surface area contributed by atoms with Crippen molar-refractivity contribution in [2.45, 2.75) is 13.5 Å². The lowest BCUT2D eigenvalue weighted by molar-refractivity contribution is 0.596. The molecule has 4 heteroatoms. The fourth-order valence-electron chi connectivity index (χ4n) is 1.75. The maximum Gasteiger partial charge on any atom is 0.149 e. The van der Waals surface area contributed by atoms with Crippen molar-refractivity contribution in [2.24, 2.45) is 0 Å². The van der Waals surface area contributed by atoms with E-state index in [1.807, 2.05) is 23.8 Å². The lowest BCUT2D eigenvalue weighted by Gasteiger charge is -2.04. The minimum atomic E-state index is -2.90. The van der Waals surface area contributed by atoms with Crippen molar-refractivity contribution < 1.29 is 8.42 Å². The van der Waals surface area contributed by atoms with Gasteiger partial charge in [-0.1, -0.05) is 12.1 Å². The van der Waals surface area contributed by atoms with Crippen LogP contribution in [0.1, 0.15) is 5.56 Å². The van der Waals surface area contributed by atoms with Crippen molar-refractivity contribution in [3.63, 3.8) is 0 Å². The molecule has 1 heterocycles. The second-order valence-electron chi connectivity index (χ2n) is 4.20. The highest BCUT2D eigenvalue weighted by molar-refractivity contribution is 7.90. The van der Waals surface area contributed by atoms with Crippen LogP contribution < -0.4 is 0 Å². The summed E-state index contributed by atoms with van der Waals surface area (Å²) < 4.78 is 24.2. The van der Waals surface area contributed by atoms with Gasteiger partial charge in [0.15, 0.2) is 0 Å². The van der Waals surface area contributed by atoms with Crippen molar-refractivity contribution in [3.05, 3.63) is 36.0 Å². The van der Waals surface area contributed by atoms with E-state index in [0.29, 0.717) is 6.54 Å². The van der Waals surface area contributed by atoms with Crippen LogP contribution in [-0.4, -0.2) is 25.0 Å². The van der Waals surface area contributed by atoms with Crippen molar-refractivity contribution in [1.82, 2.24) is 4.57 Å². The number of nitrogens with zero attached hydrogens (tertiary/aromatic N) is 1. The first-order valence-corrected chi connectivity index (χ1v) is 7.25. The van der Waals surface area contributed by atoms with E-state index in [1.165, 1.54) is 11.8 Å². The number of aromatic nitrogens is 1. The van der Waals surface area contributed by atoms with Crippen LogP contribution in [0.15, 0.2) is 30.5 Å². The number of benzene rings is 1. The standard InChI is InChI=1S/C12H15NO2S/c1-10-3-4-11-5-6-13(12(11)9-10)7-8-16(2,14)15/h3-6,9H,7-8H2,1-2H3. The van der Waals surface area contributed by atoms with Gasteiger partial charge in [-0.3, -0.25) is 0 Å². The molecule has 3 nitrogen and oxygen atoms in total. The van der Waals surface area contributed by atoms with Gasteiger partial charge in [-0.2, -0.15) is 0 Å². The van der Waals surface area contributed by atoms with Crippen LogP contribution in [0.2, 0.25) is 0 Å². The topological polar surface area (TPSA) is 39.1 Å². The largest absolute Gasteiger partial charge is 0.346 e. The summed E-state index contributed by atoms with van der Waals surface area (Å²) in [6.07, 6.45) is 3.21. The van der Waals surface area contributed by atoms with Gasteiger partial charge in [-0.15, -0.1) is 0 Å². The predicted molar refractivity (Wildman–Crippen MR) is 66.4 cm³/mol. The zero-order chi connectivity index (χ0) is 11.8. The Morgan fingerprint density at radius 3 is 2.69 bits per heavy atom. The van der Waals surface area contributed by atoms with E-state index >= 15 is 0 Å². The molecule has 2 aromatic rings. The summed E-state index contributed by atoms with van der Waals surface area (Å²) in [6, 6.07) is 8.21. The van der Waals surface area contributed by atoms with Gasteiger partial charge in [0.05, 0.1) is 5.75 Å². The number of rotatable bonds is 3. The van der Waals surface area contributed by atoms with Gasteiger partial charge in [0.2, 0.25) is 0 Å². The molecule has 0 aliphatic carbocycles. The van der Waals surface area contributed by atoms with Gasteiger partial charge in [-0.05, 0) is 30.0 Å². The Balaban J connectivity index is 2.34. The Morgan fingerprint density at radius 1 is 1.25 bits per heavy atom. The van der Waals surface area contributed by atoms with Gasteiger partial charge in [0.1, 0.15) is 9.84 Å². The smallest absolute Gasteiger partial charge is 0.149 e. The fraction of sp³-hybridized carbons (Fsp3) is 0.333.